The molecule has 0 radical (unpaired) electrons. The molecule has 2 aromatic carbocycles. The van der Waals surface area contributed by atoms with Gasteiger partial charge in [-0.3, -0.25) is 9.79 Å². The van der Waals surface area contributed by atoms with Crippen LogP contribution in [-0.2, 0) is 17.8 Å². The summed E-state index contributed by atoms with van der Waals surface area (Å²) in [5.74, 6) is 0.183. The fourth-order valence-corrected chi connectivity index (χ4v) is 2.51. The molecule has 4 N–H and O–H groups in total. The molecule has 0 saturated carbocycles. The number of nitrogens with zero attached hydrogens (tertiary/aromatic N) is 1. The second kappa shape index (κ2) is 12.9. The van der Waals surface area contributed by atoms with Gasteiger partial charge in [-0.25, -0.2) is 0 Å². The van der Waals surface area contributed by atoms with Gasteiger partial charge in [-0.1, -0.05) is 30.3 Å². The van der Waals surface area contributed by atoms with Gasteiger partial charge < -0.3 is 25.8 Å². The molecular formula is C20H24F3IN4O3. The van der Waals surface area contributed by atoms with Crippen LogP contribution in [0.25, 0.3) is 0 Å². The number of alkyl halides is 3. The number of ether oxygens (including phenoxy) is 2. The maximum atomic E-state index is 12.5. The van der Waals surface area contributed by atoms with Crippen LogP contribution < -0.4 is 25.8 Å². The first-order valence-electron chi connectivity index (χ1n) is 9.05. The molecule has 170 valence electrons. The summed E-state index contributed by atoms with van der Waals surface area (Å²) in [5.41, 5.74) is 6.40. The van der Waals surface area contributed by atoms with Crippen molar-refractivity contribution in [2.75, 3.05) is 20.2 Å². The number of aliphatic imine (C=N–C) groups is 1. The highest BCUT2D eigenvalue weighted by molar-refractivity contribution is 14.0. The van der Waals surface area contributed by atoms with E-state index in [0.717, 1.165) is 5.56 Å². The third-order valence-corrected chi connectivity index (χ3v) is 3.88. The van der Waals surface area contributed by atoms with Crippen molar-refractivity contribution in [2.24, 2.45) is 10.7 Å². The summed E-state index contributed by atoms with van der Waals surface area (Å²) >= 11 is 0. The van der Waals surface area contributed by atoms with E-state index >= 15 is 0 Å². The minimum absolute atomic E-state index is 0. The van der Waals surface area contributed by atoms with Crippen LogP contribution in [0.3, 0.4) is 0 Å². The van der Waals surface area contributed by atoms with Gasteiger partial charge in [0.2, 0.25) is 0 Å². The highest BCUT2D eigenvalue weighted by atomic mass is 127. The molecule has 0 aromatic heterocycles. The Kier molecular flexibility index (Phi) is 10.9. The molecule has 1 amide bonds. The van der Waals surface area contributed by atoms with Crippen LogP contribution in [0.1, 0.15) is 11.1 Å². The topological polar surface area (TPSA) is 98.0 Å². The first kappa shape index (κ1) is 26.3. The first-order valence-corrected chi connectivity index (χ1v) is 9.05. The van der Waals surface area contributed by atoms with Gasteiger partial charge >= 0.3 is 6.36 Å². The number of carbonyl (C=O) groups excluding carboxylic acids is 1. The van der Waals surface area contributed by atoms with Gasteiger partial charge in [-0.15, -0.1) is 37.1 Å². The summed E-state index contributed by atoms with van der Waals surface area (Å²) in [6.07, 6.45) is -4.08. The third kappa shape index (κ3) is 10.2. The number of primary amides is 1. The Bertz CT molecular complexity index is 861. The number of rotatable bonds is 9. The number of para-hydroxylation sites is 1. The van der Waals surface area contributed by atoms with E-state index in [1.165, 1.54) is 12.1 Å². The van der Waals surface area contributed by atoms with Crippen molar-refractivity contribution in [1.82, 2.24) is 10.6 Å². The molecule has 0 saturated heterocycles. The third-order valence-electron chi connectivity index (χ3n) is 3.88. The number of benzene rings is 2. The molecule has 0 unspecified atom stereocenters. The molecule has 31 heavy (non-hydrogen) atoms. The number of hydrogen-bond donors (Lipinski definition) is 3. The van der Waals surface area contributed by atoms with Gasteiger partial charge in [0.05, 0.1) is 0 Å². The molecule has 2 aromatic rings. The average Bonchev–Trinajstić information content (AvgIpc) is 2.69. The second-order valence-electron chi connectivity index (χ2n) is 6.16. The average molecular weight is 552 g/mol. The fourth-order valence-electron chi connectivity index (χ4n) is 2.51. The maximum Gasteiger partial charge on any atom is 0.573 e. The summed E-state index contributed by atoms with van der Waals surface area (Å²) in [4.78, 5) is 14.8. The smallest absolute Gasteiger partial charge is 0.484 e. The van der Waals surface area contributed by atoms with E-state index in [2.05, 4.69) is 20.4 Å². The molecule has 0 atom stereocenters. The Morgan fingerprint density at radius 1 is 1.10 bits per heavy atom. The lowest BCUT2D eigenvalue weighted by Crippen LogP contribution is -2.38. The van der Waals surface area contributed by atoms with Crippen LogP contribution in [0, 0.1) is 0 Å². The Labute approximate surface area is 195 Å². The van der Waals surface area contributed by atoms with Crippen LogP contribution >= 0.6 is 24.0 Å². The minimum atomic E-state index is -4.75. The second-order valence-corrected chi connectivity index (χ2v) is 6.16. The van der Waals surface area contributed by atoms with Crippen LogP contribution in [0.15, 0.2) is 53.5 Å². The quantitative estimate of drug-likeness (QED) is 0.253. The fraction of sp³-hybridized carbons (Fsp3) is 0.300. The molecule has 0 aliphatic carbocycles. The lowest BCUT2D eigenvalue weighted by atomic mass is 10.1. The number of nitrogens with one attached hydrogen (secondary N) is 2. The van der Waals surface area contributed by atoms with E-state index in [9.17, 15) is 18.0 Å². The largest absolute Gasteiger partial charge is 0.573 e. The van der Waals surface area contributed by atoms with E-state index in [1.807, 2.05) is 12.1 Å². The zero-order valence-electron chi connectivity index (χ0n) is 16.7. The van der Waals surface area contributed by atoms with Crippen LogP contribution in [0.5, 0.6) is 11.5 Å². The number of nitrogens with two attached hydrogens (primary N) is 1. The summed E-state index contributed by atoms with van der Waals surface area (Å²) < 4.78 is 46.8. The number of carbonyl (C=O) groups is 1. The Morgan fingerprint density at radius 2 is 1.77 bits per heavy atom. The van der Waals surface area contributed by atoms with Crippen molar-refractivity contribution in [2.45, 2.75) is 19.3 Å². The SMILES string of the molecule is CN=C(NCCc1ccc(OCC(N)=O)cc1)NCc1ccccc1OC(F)(F)F.I. The van der Waals surface area contributed by atoms with Crippen LogP contribution in [-0.4, -0.2) is 38.4 Å². The molecule has 0 bridgehead atoms. The van der Waals surface area contributed by atoms with E-state index in [-0.39, 0.29) is 42.9 Å². The molecular weight excluding hydrogens is 528 g/mol. The van der Waals surface area contributed by atoms with E-state index < -0.39 is 12.3 Å². The lowest BCUT2D eigenvalue weighted by molar-refractivity contribution is -0.274. The standard InChI is InChI=1S/C20H23F3N4O3.HI/c1-25-19(27-12-15-4-2-3-5-17(15)30-20(21,22)23)26-11-10-14-6-8-16(9-7-14)29-13-18(24)28;/h2-9H,10-13H2,1H3,(H2,24,28)(H2,25,26,27);1H. The summed E-state index contributed by atoms with van der Waals surface area (Å²) in [5, 5.41) is 6.06. The highest BCUT2D eigenvalue weighted by Gasteiger charge is 2.31. The summed E-state index contributed by atoms with van der Waals surface area (Å²) in [7, 11) is 1.57. The molecule has 0 aliphatic rings. The van der Waals surface area contributed by atoms with Crippen molar-refractivity contribution in [1.29, 1.82) is 0 Å². The van der Waals surface area contributed by atoms with Crippen LogP contribution in [0.4, 0.5) is 13.2 Å². The highest BCUT2D eigenvalue weighted by Crippen LogP contribution is 2.26. The minimum Gasteiger partial charge on any atom is -0.484 e. The van der Waals surface area contributed by atoms with E-state index in [1.54, 1.807) is 31.3 Å². The zero-order chi connectivity index (χ0) is 22.0. The van der Waals surface area contributed by atoms with Crippen molar-refractivity contribution in [3.63, 3.8) is 0 Å². The monoisotopic (exact) mass is 552 g/mol. The lowest BCUT2D eigenvalue weighted by Gasteiger charge is -2.15. The zero-order valence-corrected chi connectivity index (χ0v) is 19.1. The Morgan fingerprint density at radius 3 is 2.39 bits per heavy atom. The van der Waals surface area contributed by atoms with E-state index in [0.29, 0.717) is 30.2 Å². The van der Waals surface area contributed by atoms with Gasteiger partial charge in [-0.05, 0) is 30.2 Å². The van der Waals surface area contributed by atoms with Gasteiger partial charge in [0.15, 0.2) is 12.6 Å². The van der Waals surface area contributed by atoms with Gasteiger partial charge in [0, 0.05) is 25.7 Å². The number of guanidine groups is 1. The Balaban J connectivity index is 0.00000480. The summed E-state index contributed by atoms with van der Waals surface area (Å²) in [6, 6.07) is 13.1. The number of halogens is 4. The molecule has 2 rings (SSSR count). The maximum absolute atomic E-state index is 12.5. The Hall–Kier alpha value is -2.70. The number of hydrogen-bond acceptors (Lipinski definition) is 4. The summed E-state index contributed by atoms with van der Waals surface area (Å²) in [6.45, 7) is 0.472. The number of amides is 1. The molecule has 0 fully saturated rings. The van der Waals surface area contributed by atoms with Gasteiger partial charge in [0.1, 0.15) is 11.5 Å². The molecule has 0 spiro atoms. The van der Waals surface area contributed by atoms with Gasteiger partial charge in [0.25, 0.3) is 5.91 Å². The van der Waals surface area contributed by atoms with Crippen molar-refractivity contribution in [3.05, 3.63) is 59.7 Å². The van der Waals surface area contributed by atoms with Crippen molar-refractivity contribution < 1.29 is 27.4 Å². The first-order chi connectivity index (χ1) is 14.3. The van der Waals surface area contributed by atoms with E-state index in [4.69, 9.17) is 10.5 Å². The molecule has 11 heteroatoms. The molecule has 7 nitrogen and oxygen atoms in total. The van der Waals surface area contributed by atoms with Crippen molar-refractivity contribution in [3.8, 4) is 11.5 Å². The van der Waals surface area contributed by atoms with Crippen LogP contribution in [0.2, 0.25) is 0 Å². The molecule has 0 aliphatic heterocycles. The van der Waals surface area contributed by atoms with Gasteiger partial charge in [-0.2, -0.15) is 0 Å². The predicted octanol–water partition coefficient (Wildman–Crippen LogP) is 2.98. The predicted molar refractivity (Wildman–Crippen MR) is 122 cm³/mol. The molecule has 0 heterocycles. The normalized spacial score (nSPS) is 11.3. The van der Waals surface area contributed by atoms with Crippen molar-refractivity contribution >= 4 is 35.8 Å².